The zero-order valence-corrected chi connectivity index (χ0v) is 33.4. The predicted molar refractivity (Wildman–Crippen MR) is 255 cm³/mol. The van der Waals surface area contributed by atoms with Gasteiger partial charge in [-0.2, -0.15) is 0 Å². The minimum atomic E-state index is 0.990. The van der Waals surface area contributed by atoms with Crippen molar-refractivity contribution in [2.24, 2.45) is 0 Å². The van der Waals surface area contributed by atoms with Crippen LogP contribution in [0.1, 0.15) is 0 Å². The van der Waals surface area contributed by atoms with Crippen molar-refractivity contribution in [3.8, 4) is 22.7 Å². The molecule has 0 radical (unpaired) electrons. The molecule has 0 atom stereocenters. The van der Waals surface area contributed by atoms with E-state index in [4.69, 9.17) is 4.98 Å². The Bertz CT molecular complexity index is 4030. The number of fused-ring (bicyclic) bond motifs is 13. The lowest BCUT2D eigenvalue weighted by Crippen LogP contribution is -1.97. The number of aromatic nitrogens is 6. The molecule has 61 heavy (non-hydrogen) atoms. The molecular formula is C54H32N6S. The van der Waals surface area contributed by atoms with Crippen LogP contribution in [0.4, 0.5) is 0 Å². The summed E-state index contributed by atoms with van der Waals surface area (Å²) in [6.45, 7) is 0. The minimum Gasteiger partial charge on any atom is -0.309 e. The van der Waals surface area contributed by atoms with Crippen molar-refractivity contribution in [1.82, 2.24) is 28.2 Å². The number of para-hydroxylation sites is 4. The van der Waals surface area contributed by atoms with Gasteiger partial charge in [-0.3, -0.25) is 9.97 Å². The third-order valence-corrected chi connectivity index (χ3v) is 13.7. The van der Waals surface area contributed by atoms with Gasteiger partial charge in [0.2, 0.25) is 0 Å². The molecule has 0 fully saturated rings. The number of rotatable bonds is 4. The Hall–Kier alpha value is -8.00. The Morgan fingerprint density at radius 1 is 0.344 bits per heavy atom. The van der Waals surface area contributed by atoms with Crippen molar-refractivity contribution < 1.29 is 0 Å². The fourth-order valence-electron chi connectivity index (χ4n) is 10.2. The normalized spacial score (nSPS) is 12.3. The predicted octanol–water partition coefficient (Wildman–Crippen LogP) is 14.1. The van der Waals surface area contributed by atoms with Gasteiger partial charge in [0.25, 0.3) is 0 Å². The minimum absolute atomic E-state index is 0.990. The van der Waals surface area contributed by atoms with Crippen molar-refractivity contribution in [2.75, 3.05) is 0 Å². The van der Waals surface area contributed by atoms with Crippen molar-refractivity contribution in [3.05, 3.63) is 194 Å². The summed E-state index contributed by atoms with van der Waals surface area (Å²) in [7, 11) is 0. The van der Waals surface area contributed by atoms with Crippen LogP contribution in [-0.2, 0) is 0 Å². The van der Waals surface area contributed by atoms with E-state index in [9.17, 15) is 0 Å². The van der Waals surface area contributed by atoms with Gasteiger partial charge in [0, 0.05) is 88.8 Å². The van der Waals surface area contributed by atoms with E-state index < -0.39 is 0 Å². The zero-order chi connectivity index (χ0) is 39.8. The summed E-state index contributed by atoms with van der Waals surface area (Å²) in [6.07, 6.45) is 5.82. The zero-order valence-electron chi connectivity index (χ0n) is 32.6. The van der Waals surface area contributed by atoms with Crippen LogP contribution < -0.4 is 0 Å². The maximum Gasteiger partial charge on any atom is 0.0964 e. The molecule has 0 aliphatic heterocycles. The molecule has 0 N–H and O–H groups in total. The first-order chi connectivity index (χ1) is 30.3. The Morgan fingerprint density at radius 2 is 0.820 bits per heavy atom. The van der Waals surface area contributed by atoms with Crippen LogP contribution in [0.2, 0.25) is 0 Å². The summed E-state index contributed by atoms with van der Waals surface area (Å²) in [6, 6.07) is 61.8. The largest absolute Gasteiger partial charge is 0.309 e. The van der Waals surface area contributed by atoms with Crippen molar-refractivity contribution in [2.45, 2.75) is 0 Å². The van der Waals surface area contributed by atoms with Gasteiger partial charge < -0.3 is 18.3 Å². The van der Waals surface area contributed by atoms with Crippen LogP contribution in [-0.4, -0.2) is 28.2 Å². The van der Waals surface area contributed by atoms with Crippen LogP contribution in [0.15, 0.2) is 194 Å². The van der Waals surface area contributed by atoms with E-state index in [0.29, 0.717) is 0 Å². The molecular weight excluding hydrogens is 765 g/mol. The van der Waals surface area contributed by atoms with Gasteiger partial charge in [-0.1, -0.05) is 72.8 Å². The summed E-state index contributed by atoms with van der Waals surface area (Å²) in [4.78, 5) is 9.65. The monoisotopic (exact) mass is 796 g/mol. The van der Waals surface area contributed by atoms with E-state index >= 15 is 0 Å². The molecule has 7 aromatic carbocycles. The highest BCUT2D eigenvalue weighted by Crippen LogP contribution is 2.41. The average molecular weight is 797 g/mol. The summed E-state index contributed by atoms with van der Waals surface area (Å²) < 4.78 is 10.8. The van der Waals surface area contributed by atoms with Crippen molar-refractivity contribution >= 4 is 109 Å². The van der Waals surface area contributed by atoms with Crippen LogP contribution in [0.3, 0.4) is 0 Å². The second kappa shape index (κ2) is 12.3. The molecule has 0 spiro atoms. The van der Waals surface area contributed by atoms with Crippen molar-refractivity contribution in [3.63, 3.8) is 0 Å². The Morgan fingerprint density at radius 3 is 1.43 bits per heavy atom. The second-order valence-corrected chi connectivity index (χ2v) is 16.8. The molecule has 0 saturated heterocycles. The van der Waals surface area contributed by atoms with Crippen LogP contribution in [0, 0.1) is 0 Å². The highest BCUT2D eigenvalue weighted by atomic mass is 32.1. The summed E-state index contributed by atoms with van der Waals surface area (Å²) >= 11 is 1.78. The van der Waals surface area contributed by atoms with Gasteiger partial charge in [-0.15, -0.1) is 11.3 Å². The molecule has 0 saturated carbocycles. The van der Waals surface area contributed by atoms with E-state index in [1.165, 1.54) is 59.1 Å². The smallest absolute Gasteiger partial charge is 0.0964 e. The quantitative estimate of drug-likeness (QED) is 0.178. The van der Waals surface area contributed by atoms with Gasteiger partial charge in [0.1, 0.15) is 0 Å². The molecule has 7 heteroatoms. The molecule has 0 amide bonds. The fraction of sp³-hybridized carbons (Fsp3) is 0. The maximum atomic E-state index is 5.01. The summed E-state index contributed by atoms with van der Waals surface area (Å²) in [5.74, 6) is 0. The van der Waals surface area contributed by atoms with E-state index in [0.717, 1.165) is 61.1 Å². The lowest BCUT2D eigenvalue weighted by atomic mass is 10.1. The standard InChI is InChI=1S/C54H32N6S/c1-5-14-44-36(10-1)37-11-2-6-15-45(37)57(44)33-19-22-48-40(28-33)43-31-55-27-25-50(43)59(48)35-21-24-53-41(29-35)52(32-61-53)60-49-23-20-34(30-42(49)54-51(60)18-9-26-56-54)58-46-16-7-3-12-38(46)39-13-4-8-17-47(39)58/h1-32H. The van der Waals surface area contributed by atoms with Crippen LogP contribution >= 0.6 is 11.3 Å². The van der Waals surface area contributed by atoms with Crippen LogP contribution in [0.5, 0.6) is 0 Å². The van der Waals surface area contributed by atoms with Gasteiger partial charge in [0.15, 0.2) is 0 Å². The van der Waals surface area contributed by atoms with Crippen molar-refractivity contribution in [1.29, 1.82) is 0 Å². The molecule has 7 aromatic heterocycles. The fourth-order valence-corrected chi connectivity index (χ4v) is 11.1. The Kier molecular flexibility index (Phi) is 6.62. The third-order valence-electron chi connectivity index (χ3n) is 12.8. The summed E-state index contributed by atoms with van der Waals surface area (Å²) in [5, 5.41) is 11.9. The molecule has 14 rings (SSSR count). The summed E-state index contributed by atoms with van der Waals surface area (Å²) in [5.41, 5.74) is 14.8. The third kappa shape index (κ3) is 4.50. The number of hydrogen-bond acceptors (Lipinski definition) is 3. The Labute approximate surface area is 352 Å². The first kappa shape index (κ1) is 32.9. The van der Waals surface area contributed by atoms with E-state index in [-0.39, 0.29) is 0 Å². The number of hydrogen-bond donors (Lipinski definition) is 0. The molecule has 0 unspecified atom stereocenters. The number of nitrogens with zero attached hydrogens (tertiary/aromatic N) is 6. The molecule has 0 bridgehead atoms. The average Bonchev–Trinajstić information content (AvgIpc) is 4.12. The van der Waals surface area contributed by atoms with Gasteiger partial charge in [-0.05, 0) is 97.1 Å². The van der Waals surface area contributed by atoms with E-state index in [1.54, 1.807) is 11.3 Å². The highest BCUT2D eigenvalue weighted by Gasteiger charge is 2.21. The topological polar surface area (TPSA) is 45.5 Å². The van der Waals surface area contributed by atoms with Gasteiger partial charge in [-0.25, -0.2) is 0 Å². The molecule has 0 aliphatic rings. The number of benzene rings is 7. The molecule has 6 nitrogen and oxygen atoms in total. The molecule has 7 heterocycles. The lowest BCUT2D eigenvalue weighted by Gasteiger charge is -2.12. The molecule has 14 aromatic rings. The van der Waals surface area contributed by atoms with Gasteiger partial charge >= 0.3 is 0 Å². The SMILES string of the molecule is c1ccc2c(c1)c1ccccc1n2-c1ccc2c(c1)c1cnccc1n2-c1ccc2scc(-n3c4ccc(-n5c6ccccc6c6ccccc65)cc4c4ncccc43)c2c1. The van der Waals surface area contributed by atoms with E-state index in [2.05, 4.69) is 192 Å². The Balaban J connectivity index is 0.963. The molecule has 0 aliphatic carbocycles. The van der Waals surface area contributed by atoms with Gasteiger partial charge in [0.05, 0.1) is 55.3 Å². The highest BCUT2D eigenvalue weighted by molar-refractivity contribution is 7.17. The number of pyridine rings is 2. The second-order valence-electron chi connectivity index (χ2n) is 15.9. The first-order valence-corrected chi connectivity index (χ1v) is 21.4. The van der Waals surface area contributed by atoms with Crippen LogP contribution in [0.25, 0.3) is 120 Å². The molecule has 284 valence electrons. The maximum absolute atomic E-state index is 5.01. The number of thiophene rings is 1. The van der Waals surface area contributed by atoms with E-state index in [1.807, 2.05) is 24.7 Å². The lowest BCUT2D eigenvalue weighted by molar-refractivity contribution is 1.16. The first-order valence-electron chi connectivity index (χ1n) is 20.5.